The zero-order valence-corrected chi connectivity index (χ0v) is 20.0. The molecule has 0 aliphatic carbocycles. The van der Waals surface area contributed by atoms with Crippen LogP contribution in [0.4, 0.5) is 5.95 Å². The van der Waals surface area contributed by atoms with Gasteiger partial charge in [0, 0.05) is 24.9 Å². The van der Waals surface area contributed by atoms with E-state index in [4.69, 9.17) is 10.5 Å². The number of ether oxygens (including phenoxy) is 1. The lowest BCUT2D eigenvalue weighted by Crippen LogP contribution is -2.15. The Kier molecular flexibility index (Phi) is 6.62. The highest BCUT2D eigenvalue weighted by atomic mass is 32.2. The highest BCUT2D eigenvalue weighted by Crippen LogP contribution is 2.31. The molecule has 4 aromatic rings. The van der Waals surface area contributed by atoms with E-state index < -0.39 is 10.0 Å². The summed E-state index contributed by atoms with van der Waals surface area (Å²) in [5.74, 6) is 0.676. The van der Waals surface area contributed by atoms with Crippen LogP contribution in [0.2, 0.25) is 0 Å². The molecular formula is C24H26N6O3S. The summed E-state index contributed by atoms with van der Waals surface area (Å²) in [5, 5.41) is 3.93. The average molecular weight is 479 g/mol. The van der Waals surface area contributed by atoms with E-state index in [1.54, 1.807) is 13.1 Å². The van der Waals surface area contributed by atoms with Crippen molar-refractivity contribution in [2.24, 2.45) is 12.8 Å². The van der Waals surface area contributed by atoms with Crippen LogP contribution >= 0.6 is 0 Å². The number of aryl methyl sites for hydroxylation is 3. The van der Waals surface area contributed by atoms with Gasteiger partial charge in [-0.25, -0.2) is 18.1 Å². The number of anilines is 1. The van der Waals surface area contributed by atoms with Gasteiger partial charge in [-0.1, -0.05) is 30.3 Å². The molecule has 0 atom stereocenters. The van der Waals surface area contributed by atoms with Crippen LogP contribution in [0.3, 0.4) is 0 Å². The number of benzene rings is 2. The fourth-order valence-corrected chi connectivity index (χ4v) is 4.52. The first-order valence-corrected chi connectivity index (χ1v) is 12.2. The predicted octanol–water partition coefficient (Wildman–Crippen LogP) is 3.59. The summed E-state index contributed by atoms with van der Waals surface area (Å²) in [4.78, 5) is 8.83. The summed E-state index contributed by atoms with van der Waals surface area (Å²) >= 11 is 0. The zero-order chi connectivity index (χ0) is 24.3. The Hall–Kier alpha value is -3.76. The Balaban J connectivity index is 1.75. The third-order valence-electron chi connectivity index (χ3n) is 5.24. The molecule has 3 N–H and O–H groups in total. The summed E-state index contributed by atoms with van der Waals surface area (Å²) in [7, 11) is -2.30. The molecule has 34 heavy (non-hydrogen) atoms. The normalized spacial score (nSPS) is 11.4. The minimum atomic E-state index is -3.94. The van der Waals surface area contributed by atoms with Crippen molar-refractivity contribution in [1.82, 2.24) is 19.7 Å². The van der Waals surface area contributed by atoms with Crippen molar-refractivity contribution < 1.29 is 13.2 Å². The molecule has 0 fully saturated rings. The van der Waals surface area contributed by atoms with Crippen molar-refractivity contribution in [1.29, 1.82) is 0 Å². The number of rotatable bonds is 8. The van der Waals surface area contributed by atoms with E-state index in [0.717, 1.165) is 28.7 Å². The number of sulfonamides is 1. The van der Waals surface area contributed by atoms with E-state index in [0.29, 0.717) is 18.0 Å². The third kappa shape index (κ3) is 5.24. The summed E-state index contributed by atoms with van der Waals surface area (Å²) in [6, 6.07) is 15.1. The van der Waals surface area contributed by atoms with E-state index >= 15 is 0 Å². The second-order valence-corrected chi connectivity index (χ2v) is 9.60. The lowest BCUT2D eigenvalue weighted by Gasteiger charge is -2.13. The number of nitrogens with zero attached hydrogens (tertiary/aromatic N) is 4. The van der Waals surface area contributed by atoms with Gasteiger partial charge in [-0.3, -0.25) is 4.68 Å². The first-order valence-electron chi connectivity index (χ1n) is 10.7. The molecule has 0 unspecified atom stereocenters. The van der Waals surface area contributed by atoms with Crippen LogP contribution in [0.1, 0.15) is 16.7 Å². The molecule has 2 aromatic heterocycles. The quantitative estimate of drug-likeness (QED) is 0.396. The molecule has 0 saturated carbocycles. The largest absolute Gasteiger partial charge is 0.439 e. The van der Waals surface area contributed by atoms with Gasteiger partial charge in [0.2, 0.25) is 11.8 Å². The Morgan fingerprint density at radius 3 is 2.38 bits per heavy atom. The highest BCUT2D eigenvalue weighted by molar-refractivity contribution is 7.92. The van der Waals surface area contributed by atoms with Gasteiger partial charge in [0.25, 0.3) is 10.0 Å². The van der Waals surface area contributed by atoms with Gasteiger partial charge in [0.15, 0.2) is 0 Å². The fraction of sp³-hybridized carbons (Fsp3) is 0.208. The Morgan fingerprint density at radius 2 is 1.76 bits per heavy atom. The summed E-state index contributed by atoms with van der Waals surface area (Å²) in [6.45, 7) is 4.51. The minimum absolute atomic E-state index is 0.00837. The van der Waals surface area contributed by atoms with Gasteiger partial charge in [-0.2, -0.15) is 10.1 Å². The molecule has 0 spiro atoms. The van der Waals surface area contributed by atoms with E-state index in [2.05, 4.69) is 19.8 Å². The van der Waals surface area contributed by atoms with Gasteiger partial charge in [-0.05, 0) is 55.6 Å². The maximum atomic E-state index is 12.9. The van der Waals surface area contributed by atoms with Crippen LogP contribution in [0.25, 0.3) is 11.3 Å². The summed E-state index contributed by atoms with van der Waals surface area (Å²) < 4.78 is 35.6. The lowest BCUT2D eigenvalue weighted by molar-refractivity contribution is 0.462. The molecular weight excluding hydrogens is 452 g/mol. The van der Waals surface area contributed by atoms with Crippen LogP contribution in [-0.2, 0) is 23.5 Å². The molecule has 2 heterocycles. The number of aromatic nitrogens is 4. The van der Waals surface area contributed by atoms with Crippen LogP contribution in [0.15, 0.2) is 65.8 Å². The average Bonchev–Trinajstić information content (AvgIpc) is 3.22. The molecule has 0 amide bonds. The maximum absolute atomic E-state index is 12.9. The van der Waals surface area contributed by atoms with Crippen molar-refractivity contribution >= 4 is 16.0 Å². The molecule has 0 aliphatic heterocycles. The predicted molar refractivity (Wildman–Crippen MR) is 130 cm³/mol. The van der Waals surface area contributed by atoms with Crippen LogP contribution in [-0.4, -0.2) is 34.7 Å². The molecule has 0 bridgehead atoms. The SMILES string of the molecule is Cc1cccc(C)c1-c1cc(Oc2ccc(CCN)cc2)nc(NS(=O)(=O)c2cnn(C)c2)n1. The van der Waals surface area contributed by atoms with Gasteiger partial charge >= 0.3 is 0 Å². The van der Waals surface area contributed by atoms with Crippen molar-refractivity contribution in [2.45, 2.75) is 25.2 Å². The highest BCUT2D eigenvalue weighted by Gasteiger charge is 2.20. The first-order chi connectivity index (χ1) is 16.2. The van der Waals surface area contributed by atoms with E-state index in [1.165, 1.54) is 17.1 Å². The lowest BCUT2D eigenvalue weighted by atomic mass is 10.00. The Labute approximate surface area is 198 Å². The molecule has 2 aromatic carbocycles. The number of nitrogens with one attached hydrogen (secondary N) is 1. The number of nitrogens with two attached hydrogens (primary N) is 1. The van der Waals surface area contributed by atoms with Crippen LogP contribution < -0.4 is 15.2 Å². The number of hydrogen-bond acceptors (Lipinski definition) is 7. The fourth-order valence-electron chi connectivity index (χ4n) is 3.60. The second kappa shape index (κ2) is 9.62. The van der Waals surface area contributed by atoms with E-state index in [-0.39, 0.29) is 16.7 Å². The van der Waals surface area contributed by atoms with Crippen molar-refractivity contribution in [3.8, 4) is 22.9 Å². The van der Waals surface area contributed by atoms with Gasteiger partial charge < -0.3 is 10.5 Å². The summed E-state index contributed by atoms with van der Waals surface area (Å²) in [5.41, 5.74) is 10.1. The van der Waals surface area contributed by atoms with Crippen LogP contribution in [0.5, 0.6) is 11.6 Å². The molecule has 10 heteroatoms. The molecule has 0 aliphatic rings. The maximum Gasteiger partial charge on any atom is 0.267 e. The van der Waals surface area contributed by atoms with Crippen molar-refractivity contribution in [3.63, 3.8) is 0 Å². The standard InChI is InChI=1S/C24H26N6O3S/c1-16-5-4-6-17(2)23(16)21-13-22(33-19-9-7-18(8-10-19)11-12-25)28-24(27-21)29-34(31,32)20-14-26-30(3)15-20/h4-10,13-15H,11-12,25H2,1-3H3,(H,27,28,29). The van der Waals surface area contributed by atoms with E-state index in [9.17, 15) is 8.42 Å². The topological polar surface area (TPSA) is 125 Å². The van der Waals surface area contributed by atoms with E-state index in [1.807, 2.05) is 56.3 Å². The molecule has 0 radical (unpaired) electrons. The molecule has 4 rings (SSSR count). The first kappa shape index (κ1) is 23.4. The molecule has 9 nitrogen and oxygen atoms in total. The van der Waals surface area contributed by atoms with Crippen LogP contribution in [0, 0.1) is 13.8 Å². The summed E-state index contributed by atoms with van der Waals surface area (Å²) in [6.07, 6.45) is 3.43. The van der Waals surface area contributed by atoms with Crippen molar-refractivity contribution in [3.05, 3.63) is 77.6 Å². The Bertz CT molecular complexity index is 1390. The smallest absolute Gasteiger partial charge is 0.267 e. The third-order valence-corrected chi connectivity index (χ3v) is 6.52. The van der Waals surface area contributed by atoms with Crippen molar-refractivity contribution in [2.75, 3.05) is 11.3 Å². The Morgan fingerprint density at radius 1 is 1.06 bits per heavy atom. The monoisotopic (exact) mass is 478 g/mol. The van der Waals surface area contributed by atoms with Gasteiger partial charge in [0.1, 0.15) is 10.6 Å². The zero-order valence-electron chi connectivity index (χ0n) is 19.2. The van der Waals surface area contributed by atoms with Gasteiger partial charge in [0.05, 0.1) is 11.9 Å². The molecule has 176 valence electrons. The minimum Gasteiger partial charge on any atom is -0.439 e. The molecule has 0 saturated heterocycles. The number of hydrogen-bond donors (Lipinski definition) is 2. The second-order valence-electron chi connectivity index (χ2n) is 7.92. The van der Waals surface area contributed by atoms with Gasteiger partial charge in [-0.15, -0.1) is 0 Å².